The van der Waals surface area contributed by atoms with Crippen LogP contribution in [0.25, 0.3) is 0 Å². The number of carbonyl (C=O) groups is 1. The predicted octanol–water partition coefficient (Wildman–Crippen LogP) is 1.51. The molecule has 0 heterocycles. The second kappa shape index (κ2) is 7.36. The Morgan fingerprint density at radius 1 is 1.33 bits per heavy atom. The minimum Gasteiger partial charge on any atom is -0.392 e. The molecule has 5 heteroatoms. The molecule has 4 unspecified atom stereocenters. The van der Waals surface area contributed by atoms with Crippen molar-refractivity contribution in [2.24, 2.45) is 5.73 Å². The molecule has 0 spiro atoms. The van der Waals surface area contributed by atoms with E-state index in [1.165, 1.54) is 0 Å². The zero-order valence-electron chi connectivity index (χ0n) is 12.4. The Hall–Kier alpha value is -0.260. The molecule has 4 nitrogen and oxygen atoms in total. The van der Waals surface area contributed by atoms with Crippen molar-refractivity contribution in [3.05, 3.63) is 0 Å². The summed E-state index contributed by atoms with van der Waals surface area (Å²) in [6.45, 7) is 11.7. The molecule has 0 saturated carbocycles. The summed E-state index contributed by atoms with van der Waals surface area (Å²) in [7, 11) is 0. The maximum atomic E-state index is 11.6. The van der Waals surface area contributed by atoms with E-state index < -0.39 is 5.54 Å². The summed E-state index contributed by atoms with van der Waals surface area (Å²) in [6, 6.07) is 0.203. The number of hydrogen-bond acceptors (Lipinski definition) is 4. The van der Waals surface area contributed by atoms with Gasteiger partial charge in [0, 0.05) is 16.5 Å². The number of amides is 1. The van der Waals surface area contributed by atoms with Crippen molar-refractivity contribution >= 4 is 17.7 Å². The summed E-state index contributed by atoms with van der Waals surface area (Å²) in [6.07, 6.45) is 0.303. The van der Waals surface area contributed by atoms with Crippen LogP contribution in [0, 0.1) is 0 Å². The summed E-state index contributed by atoms with van der Waals surface area (Å²) in [5, 5.41) is 13.1. The third-order valence-electron chi connectivity index (χ3n) is 2.97. The fraction of sp³-hybridized carbons (Fsp3) is 0.923. The van der Waals surface area contributed by atoms with E-state index in [4.69, 9.17) is 5.73 Å². The van der Waals surface area contributed by atoms with Gasteiger partial charge in [0.15, 0.2) is 0 Å². The van der Waals surface area contributed by atoms with Crippen molar-refractivity contribution in [1.29, 1.82) is 0 Å². The highest BCUT2D eigenvalue weighted by Crippen LogP contribution is 2.27. The second-order valence-corrected chi connectivity index (χ2v) is 7.41. The van der Waals surface area contributed by atoms with Crippen LogP contribution in [0.3, 0.4) is 0 Å². The van der Waals surface area contributed by atoms with E-state index in [9.17, 15) is 9.90 Å². The van der Waals surface area contributed by atoms with Gasteiger partial charge in [-0.3, -0.25) is 4.79 Å². The SMILES string of the molecule is CC(C)NC(C)(CC(C)SC(C)C(C)O)C(N)=O. The number of nitrogens with one attached hydrogen (secondary N) is 1. The van der Waals surface area contributed by atoms with Gasteiger partial charge in [-0.2, -0.15) is 11.8 Å². The lowest BCUT2D eigenvalue weighted by molar-refractivity contribution is -0.124. The standard InChI is InChI=1S/C13H28N2O2S/c1-8(2)15-13(6,12(14)17)7-9(3)18-11(5)10(4)16/h8-11,15-16H,7H2,1-6H3,(H2,14,17). The molecule has 108 valence electrons. The Balaban J connectivity index is 4.55. The second-order valence-electron chi connectivity index (χ2n) is 5.59. The minimum atomic E-state index is -0.695. The van der Waals surface area contributed by atoms with Crippen molar-refractivity contribution < 1.29 is 9.90 Å². The van der Waals surface area contributed by atoms with Crippen molar-refractivity contribution in [1.82, 2.24) is 5.32 Å². The van der Waals surface area contributed by atoms with E-state index in [1.54, 1.807) is 18.7 Å². The first-order chi connectivity index (χ1) is 8.08. The molecule has 0 aromatic heterocycles. The lowest BCUT2D eigenvalue weighted by atomic mass is 9.94. The van der Waals surface area contributed by atoms with Crippen LogP contribution >= 0.6 is 11.8 Å². The van der Waals surface area contributed by atoms with E-state index in [0.29, 0.717) is 6.42 Å². The van der Waals surface area contributed by atoms with Gasteiger partial charge in [-0.15, -0.1) is 0 Å². The molecule has 1 amide bonds. The number of carbonyl (C=O) groups excluding carboxylic acids is 1. The van der Waals surface area contributed by atoms with Gasteiger partial charge < -0.3 is 16.2 Å². The van der Waals surface area contributed by atoms with Gasteiger partial charge in [0.1, 0.15) is 0 Å². The Labute approximate surface area is 115 Å². The van der Waals surface area contributed by atoms with Crippen molar-refractivity contribution in [2.75, 3.05) is 0 Å². The molecule has 0 bridgehead atoms. The molecule has 0 aromatic carbocycles. The third kappa shape index (κ3) is 6.07. The van der Waals surface area contributed by atoms with Crippen LogP contribution < -0.4 is 11.1 Å². The molecule has 0 saturated heterocycles. The van der Waals surface area contributed by atoms with Crippen LogP contribution in [0.2, 0.25) is 0 Å². The van der Waals surface area contributed by atoms with E-state index in [0.717, 1.165) is 0 Å². The van der Waals surface area contributed by atoms with Gasteiger partial charge in [0.05, 0.1) is 11.6 Å². The van der Waals surface area contributed by atoms with E-state index in [-0.39, 0.29) is 28.6 Å². The molecule has 0 radical (unpaired) electrons. The Bertz CT molecular complexity index is 272. The summed E-state index contributed by atoms with van der Waals surface area (Å²) in [4.78, 5) is 11.6. The van der Waals surface area contributed by atoms with E-state index in [2.05, 4.69) is 12.2 Å². The monoisotopic (exact) mass is 276 g/mol. The molecule has 0 aliphatic carbocycles. The quantitative estimate of drug-likeness (QED) is 0.628. The fourth-order valence-corrected chi connectivity index (χ4v) is 3.36. The average molecular weight is 276 g/mol. The Kier molecular flexibility index (Phi) is 7.25. The number of thioether (sulfide) groups is 1. The van der Waals surface area contributed by atoms with Gasteiger partial charge >= 0.3 is 0 Å². The molecule has 0 fully saturated rings. The number of aliphatic hydroxyl groups is 1. The Morgan fingerprint density at radius 2 is 1.83 bits per heavy atom. The molecular weight excluding hydrogens is 248 g/mol. The molecule has 18 heavy (non-hydrogen) atoms. The van der Waals surface area contributed by atoms with Crippen LogP contribution in [-0.4, -0.2) is 39.2 Å². The lowest BCUT2D eigenvalue weighted by Gasteiger charge is -2.33. The van der Waals surface area contributed by atoms with Gasteiger partial charge in [-0.1, -0.05) is 13.8 Å². The van der Waals surface area contributed by atoms with Crippen LogP contribution in [0.5, 0.6) is 0 Å². The topological polar surface area (TPSA) is 75.3 Å². The summed E-state index contributed by atoms with van der Waals surface area (Å²) in [5.74, 6) is -0.326. The van der Waals surface area contributed by atoms with Crippen molar-refractivity contribution in [3.8, 4) is 0 Å². The maximum absolute atomic E-state index is 11.6. The molecule has 0 rings (SSSR count). The van der Waals surface area contributed by atoms with Crippen molar-refractivity contribution in [3.63, 3.8) is 0 Å². The molecule has 0 aliphatic rings. The molecule has 0 aromatic rings. The van der Waals surface area contributed by atoms with Crippen LogP contribution in [0.4, 0.5) is 0 Å². The van der Waals surface area contributed by atoms with Crippen LogP contribution in [0.15, 0.2) is 0 Å². The largest absolute Gasteiger partial charge is 0.392 e. The van der Waals surface area contributed by atoms with Gasteiger partial charge in [-0.25, -0.2) is 0 Å². The molecular formula is C13H28N2O2S. The first-order valence-corrected chi connectivity index (χ1v) is 7.44. The highest BCUT2D eigenvalue weighted by Gasteiger charge is 2.33. The number of primary amides is 1. The van der Waals surface area contributed by atoms with Gasteiger partial charge in [0.25, 0.3) is 0 Å². The molecule has 4 N–H and O–H groups in total. The number of nitrogens with two attached hydrogens (primary N) is 1. The fourth-order valence-electron chi connectivity index (χ4n) is 1.97. The van der Waals surface area contributed by atoms with Crippen molar-refractivity contribution in [2.45, 2.75) is 76.1 Å². The van der Waals surface area contributed by atoms with Gasteiger partial charge in [0.2, 0.25) is 5.91 Å². The summed E-state index contributed by atoms with van der Waals surface area (Å²) in [5.41, 5.74) is 4.80. The zero-order valence-corrected chi connectivity index (χ0v) is 13.2. The van der Waals surface area contributed by atoms with Crippen LogP contribution in [-0.2, 0) is 4.79 Å². The summed E-state index contributed by atoms with van der Waals surface area (Å²) >= 11 is 1.68. The zero-order chi connectivity index (χ0) is 14.5. The molecule has 0 aliphatic heterocycles. The Morgan fingerprint density at radius 3 is 2.17 bits per heavy atom. The number of hydrogen-bond donors (Lipinski definition) is 3. The van der Waals surface area contributed by atoms with E-state index >= 15 is 0 Å². The average Bonchev–Trinajstić information content (AvgIpc) is 2.14. The third-order valence-corrected chi connectivity index (χ3v) is 4.43. The van der Waals surface area contributed by atoms with E-state index in [1.807, 2.05) is 27.7 Å². The first kappa shape index (κ1) is 17.7. The first-order valence-electron chi connectivity index (χ1n) is 6.49. The molecule has 4 atom stereocenters. The van der Waals surface area contributed by atoms with Crippen LogP contribution in [0.1, 0.15) is 48.0 Å². The lowest BCUT2D eigenvalue weighted by Crippen LogP contribution is -2.56. The highest BCUT2D eigenvalue weighted by atomic mass is 32.2. The van der Waals surface area contributed by atoms with Gasteiger partial charge in [-0.05, 0) is 34.1 Å². The maximum Gasteiger partial charge on any atom is 0.237 e. The highest BCUT2D eigenvalue weighted by molar-refractivity contribution is 8.00. The normalized spacial score (nSPS) is 20.2. The number of aliphatic hydroxyl groups excluding tert-OH is 1. The minimum absolute atomic E-state index is 0.149. The summed E-state index contributed by atoms with van der Waals surface area (Å²) < 4.78 is 0. The number of rotatable bonds is 8. The predicted molar refractivity (Wildman–Crippen MR) is 78.7 cm³/mol. The smallest absolute Gasteiger partial charge is 0.237 e.